The molecule has 5 rings (SSSR count). The SMILES string of the molecule is C[C@H]1CC2CC(=NO[C@@H]3CCNC3)CC[C@]2(C)[C@H]2CC[C@]3(C)C(=O)CC[C@H]3[C@H]12. The third-order valence-corrected chi connectivity index (χ3v) is 9.91. The molecule has 28 heavy (non-hydrogen) atoms. The van der Waals surface area contributed by atoms with Gasteiger partial charge in [-0.2, -0.15) is 0 Å². The highest BCUT2D eigenvalue weighted by atomic mass is 16.6. The molecule has 1 saturated heterocycles. The van der Waals surface area contributed by atoms with E-state index < -0.39 is 0 Å². The van der Waals surface area contributed by atoms with Crippen molar-refractivity contribution in [3.05, 3.63) is 0 Å². The average Bonchev–Trinajstić information content (AvgIpc) is 3.29. The van der Waals surface area contributed by atoms with Crippen LogP contribution in [0, 0.1) is 40.4 Å². The fourth-order valence-corrected chi connectivity index (χ4v) is 8.16. The van der Waals surface area contributed by atoms with Gasteiger partial charge < -0.3 is 10.2 Å². The third kappa shape index (κ3) is 2.80. The van der Waals surface area contributed by atoms with Gasteiger partial charge in [-0.25, -0.2) is 0 Å². The molecule has 0 radical (unpaired) electrons. The lowest BCUT2D eigenvalue weighted by Gasteiger charge is -2.61. The summed E-state index contributed by atoms with van der Waals surface area (Å²) in [6.45, 7) is 9.36. The summed E-state index contributed by atoms with van der Waals surface area (Å²) in [6, 6.07) is 0. The van der Waals surface area contributed by atoms with Crippen LogP contribution in [-0.2, 0) is 9.63 Å². The molecule has 1 unspecified atom stereocenters. The normalized spacial score (nSPS) is 52.2. The first-order chi connectivity index (χ1) is 13.4. The maximum Gasteiger partial charge on any atom is 0.141 e. The second kappa shape index (κ2) is 6.82. The third-order valence-electron chi connectivity index (χ3n) is 9.91. The summed E-state index contributed by atoms with van der Waals surface area (Å²) >= 11 is 0. The molecule has 0 aromatic rings. The first-order valence-electron chi connectivity index (χ1n) is 11.9. The van der Waals surface area contributed by atoms with Crippen molar-refractivity contribution in [2.24, 2.45) is 45.6 Å². The molecule has 5 fully saturated rings. The number of fused-ring (bicyclic) bond motifs is 5. The minimum Gasteiger partial charge on any atom is -0.391 e. The molecule has 0 bridgehead atoms. The van der Waals surface area contributed by atoms with Gasteiger partial charge in [-0.05, 0) is 86.5 Å². The first kappa shape index (κ1) is 19.1. The topological polar surface area (TPSA) is 50.7 Å². The van der Waals surface area contributed by atoms with Crippen LogP contribution in [0.4, 0.5) is 0 Å². The standard InChI is InChI=1S/C24H38N2O2/c1-15-12-16-13-17(26-28-18-8-11-25-14-18)6-9-23(16,2)20-7-10-24(3)19(22(15)20)4-5-21(24)27/h15-16,18-20,22,25H,4-14H2,1-3H3/t15-,16?,18+,19-,20-,22-,23-,24-/m0/s1. The lowest BCUT2D eigenvalue weighted by Crippen LogP contribution is -2.56. The summed E-state index contributed by atoms with van der Waals surface area (Å²) < 4.78 is 0. The zero-order valence-electron chi connectivity index (χ0n) is 18.0. The molecule has 5 aliphatic rings. The Bertz CT molecular complexity index is 670. The molecular weight excluding hydrogens is 348 g/mol. The highest BCUT2D eigenvalue weighted by Crippen LogP contribution is 2.66. The number of ketones is 1. The van der Waals surface area contributed by atoms with Crippen molar-refractivity contribution in [3.8, 4) is 0 Å². The van der Waals surface area contributed by atoms with Crippen LogP contribution >= 0.6 is 0 Å². The van der Waals surface area contributed by atoms with Gasteiger partial charge in [0, 0.05) is 24.8 Å². The highest BCUT2D eigenvalue weighted by Gasteiger charge is 2.61. The summed E-state index contributed by atoms with van der Waals surface area (Å²) in [5.74, 6) is 4.23. The summed E-state index contributed by atoms with van der Waals surface area (Å²) in [4.78, 5) is 18.5. The van der Waals surface area contributed by atoms with E-state index in [0.29, 0.717) is 17.1 Å². The molecule has 4 aliphatic carbocycles. The van der Waals surface area contributed by atoms with Crippen LogP contribution in [-0.4, -0.2) is 30.7 Å². The maximum absolute atomic E-state index is 12.7. The Morgan fingerprint density at radius 2 is 1.96 bits per heavy atom. The van der Waals surface area contributed by atoms with E-state index in [0.717, 1.165) is 75.3 Å². The largest absolute Gasteiger partial charge is 0.391 e. The summed E-state index contributed by atoms with van der Waals surface area (Å²) in [6.07, 6.45) is 10.5. The molecule has 4 heteroatoms. The van der Waals surface area contributed by atoms with Crippen LogP contribution < -0.4 is 5.32 Å². The number of oxime groups is 1. The number of carbonyl (C=O) groups is 1. The van der Waals surface area contributed by atoms with Crippen LogP contribution in [0.5, 0.6) is 0 Å². The molecule has 1 heterocycles. The van der Waals surface area contributed by atoms with Gasteiger partial charge in [0.15, 0.2) is 0 Å². The van der Waals surface area contributed by atoms with E-state index in [1.165, 1.54) is 25.0 Å². The second-order valence-electron chi connectivity index (χ2n) is 11.2. The van der Waals surface area contributed by atoms with Gasteiger partial charge in [-0.1, -0.05) is 25.9 Å². The summed E-state index contributed by atoms with van der Waals surface area (Å²) in [7, 11) is 0. The van der Waals surface area contributed by atoms with E-state index >= 15 is 0 Å². The first-order valence-corrected chi connectivity index (χ1v) is 11.9. The molecule has 156 valence electrons. The van der Waals surface area contributed by atoms with Gasteiger partial charge in [0.1, 0.15) is 11.9 Å². The minimum absolute atomic E-state index is 0.0108. The quantitative estimate of drug-likeness (QED) is 0.707. The molecular formula is C24H38N2O2. The van der Waals surface area contributed by atoms with E-state index in [1.807, 2.05) is 0 Å². The zero-order chi connectivity index (χ0) is 19.5. The lowest BCUT2D eigenvalue weighted by atomic mass is 9.43. The van der Waals surface area contributed by atoms with Gasteiger partial charge in [0.2, 0.25) is 0 Å². The maximum atomic E-state index is 12.7. The van der Waals surface area contributed by atoms with Gasteiger partial charge in [-0.15, -0.1) is 0 Å². The minimum atomic E-state index is -0.0108. The number of nitrogens with one attached hydrogen (secondary N) is 1. The number of hydrogen-bond donors (Lipinski definition) is 1. The lowest BCUT2D eigenvalue weighted by molar-refractivity contribution is -0.143. The monoisotopic (exact) mass is 386 g/mol. The number of carbonyl (C=O) groups excluding carboxylic acids is 1. The van der Waals surface area contributed by atoms with Crippen molar-refractivity contribution in [2.45, 2.75) is 84.7 Å². The second-order valence-corrected chi connectivity index (χ2v) is 11.2. The van der Waals surface area contributed by atoms with Crippen molar-refractivity contribution in [3.63, 3.8) is 0 Å². The molecule has 0 aromatic carbocycles. The van der Waals surface area contributed by atoms with Gasteiger partial charge in [0.25, 0.3) is 0 Å². The van der Waals surface area contributed by atoms with Gasteiger partial charge in [-0.3, -0.25) is 4.79 Å². The molecule has 4 nitrogen and oxygen atoms in total. The van der Waals surface area contributed by atoms with E-state index in [9.17, 15) is 4.79 Å². The smallest absolute Gasteiger partial charge is 0.141 e. The van der Waals surface area contributed by atoms with E-state index in [1.54, 1.807) is 0 Å². The fraction of sp³-hybridized carbons (Fsp3) is 0.917. The zero-order valence-corrected chi connectivity index (χ0v) is 18.0. The van der Waals surface area contributed by atoms with Crippen molar-refractivity contribution in [1.82, 2.24) is 5.32 Å². The highest BCUT2D eigenvalue weighted by molar-refractivity contribution is 5.87. The Labute approximate surface area is 170 Å². The van der Waals surface area contributed by atoms with Crippen molar-refractivity contribution in [1.29, 1.82) is 0 Å². The van der Waals surface area contributed by atoms with E-state index in [-0.39, 0.29) is 11.5 Å². The van der Waals surface area contributed by atoms with E-state index in [2.05, 4.69) is 31.2 Å². The van der Waals surface area contributed by atoms with Gasteiger partial charge >= 0.3 is 0 Å². The van der Waals surface area contributed by atoms with E-state index in [4.69, 9.17) is 4.84 Å². The number of nitrogens with zero attached hydrogens (tertiary/aromatic N) is 1. The van der Waals surface area contributed by atoms with Crippen LogP contribution in [0.25, 0.3) is 0 Å². The Hall–Kier alpha value is -0.900. The molecule has 0 aromatic heterocycles. The Balaban J connectivity index is 1.34. The molecule has 1 N–H and O–H groups in total. The van der Waals surface area contributed by atoms with Crippen molar-refractivity contribution in [2.75, 3.05) is 13.1 Å². The average molecular weight is 387 g/mol. The van der Waals surface area contributed by atoms with Crippen molar-refractivity contribution >= 4 is 11.5 Å². The Morgan fingerprint density at radius 1 is 1.11 bits per heavy atom. The number of hydrogen-bond acceptors (Lipinski definition) is 4. The fourth-order valence-electron chi connectivity index (χ4n) is 8.16. The van der Waals surface area contributed by atoms with Crippen LogP contribution in [0.1, 0.15) is 78.6 Å². The molecule has 1 aliphatic heterocycles. The predicted octanol–water partition coefficient (Wildman–Crippen LogP) is 4.58. The Morgan fingerprint density at radius 3 is 2.75 bits per heavy atom. The molecule has 4 saturated carbocycles. The van der Waals surface area contributed by atoms with Gasteiger partial charge in [0.05, 0.1) is 5.71 Å². The molecule has 0 amide bonds. The number of rotatable bonds is 2. The predicted molar refractivity (Wildman–Crippen MR) is 111 cm³/mol. The van der Waals surface area contributed by atoms with Crippen LogP contribution in [0.2, 0.25) is 0 Å². The number of Topliss-reactive ketones (excluding diaryl/α,β-unsaturated/α-hetero) is 1. The van der Waals surface area contributed by atoms with Crippen LogP contribution in [0.3, 0.4) is 0 Å². The van der Waals surface area contributed by atoms with Crippen molar-refractivity contribution < 1.29 is 9.63 Å². The summed E-state index contributed by atoms with van der Waals surface area (Å²) in [5, 5.41) is 7.98. The Kier molecular flexibility index (Phi) is 4.65. The van der Waals surface area contributed by atoms with Crippen LogP contribution in [0.15, 0.2) is 5.16 Å². The molecule has 8 atom stereocenters. The summed E-state index contributed by atoms with van der Waals surface area (Å²) in [5.41, 5.74) is 1.72. The molecule has 0 spiro atoms.